The zero-order chi connectivity index (χ0) is 13.8. The highest BCUT2D eigenvalue weighted by Crippen LogP contribution is 2.27. The highest BCUT2D eigenvalue weighted by molar-refractivity contribution is 7.12. The SMILES string of the molecule is Cc1cc(CNc2ccccc2OC(C)C)c(C)s1. The Morgan fingerprint density at radius 3 is 2.58 bits per heavy atom. The van der Waals surface area contributed by atoms with Gasteiger partial charge in [0.05, 0.1) is 11.8 Å². The van der Waals surface area contributed by atoms with Crippen LogP contribution in [0.15, 0.2) is 30.3 Å². The van der Waals surface area contributed by atoms with Gasteiger partial charge in [0, 0.05) is 16.3 Å². The van der Waals surface area contributed by atoms with Gasteiger partial charge in [0.15, 0.2) is 0 Å². The largest absolute Gasteiger partial charge is 0.489 e. The Labute approximate surface area is 119 Å². The predicted molar refractivity (Wildman–Crippen MR) is 83.3 cm³/mol. The van der Waals surface area contributed by atoms with Crippen molar-refractivity contribution >= 4 is 17.0 Å². The van der Waals surface area contributed by atoms with Crippen molar-refractivity contribution < 1.29 is 4.74 Å². The van der Waals surface area contributed by atoms with Crippen molar-refractivity contribution in [2.45, 2.75) is 40.3 Å². The summed E-state index contributed by atoms with van der Waals surface area (Å²) < 4.78 is 5.81. The van der Waals surface area contributed by atoms with Crippen LogP contribution in [-0.4, -0.2) is 6.10 Å². The fraction of sp³-hybridized carbons (Fsp3) is 0.375. The summed E-state index contributed by atoms with van der Waals surface area (Å²) in [6.45, 7) is 9.25. The number of rotatable bonds is 5. The molecule has 0 amide bonds. The summed E-state index contributed by atoms with van der Waals surface area (Å²) in [5, 5.41) is 3.47. The maximum atomic E-state index is 5.81. The van der Waals surface area contributed by atoms with Gasteiger partial charge in [-0.15, -0.1) is 11.3 Å². The van der Waals surface area contributed by atoms with Crippen LogP contribution in [0.25, 0.3) is 0 Å². The third-order valence-electron chi connectivity index (χ3n) is 2.86. The molecule has 0 atom stereocenters. The average Bonchev–Trinajstić information content (AvgIpc) is 2.66. The Kier molecular flexibility index (Phi) is 4.48. The molecule has 2 aromatic rings. The lowest BCUT2D eigenvalue weighted by molar-refractivity contribution is 0.243. The molecule has 1 aromatic carbocycles. The Bertz CT molecular complexity index is 545. The lowest BCUT2D eigenvalue weighted by Gasteiger charge is -2.15. The average molecular weight is 275 g/mol. The standard InChI is InChI=1S/C16H21NOS/c1-11(2)18-16-8-6-5-7-15(16)17-10-14-9-12(3)19-13(14)4/h5-9,11,17H,10H2,1-4H3. The Hall–Kier alpha value is -1.48. The van der Waals surface area contributed by atoms with E-state index in [0.29, 0.717) is 0 Å². The lowest BCUT2D eigenvalue weighted by Crippen LogP contribution is -2.08. The maximum absolute atomic E-state index is 5.81. The number of hydrogen-bond donors (Lipinski definition) is 1. The minimum absolute atomic E-state index is 0.188. The molecular formula is C16H21NOS. The molecule has 0 radical (unpaired) electrons. The number of ether oxygens (including phenoxy) is 1. The molecule has 1 aromatic heterocycles. The van der Waals surface area contributed by atoms with Gasteiger partial charge in [-0.25, -0.2) is 0 Å². The molecule has 0 fully saturated rings. The van der Waals surface area contributed by atoms with Crippen LogP contribution in [-0.2, 0) is 6.54 Å². The van der Waals surface area contributed by atoms with Gasteiger partial charge in [-0.05, 0) is 51.5 Å². The quantitative estimate of drug-likeness (QED) is 0.849. The zero-order valence-corrected chi connectivity index (χ0v) is 12.8. The van der Waals surface area contributed by atoms with Crippen molar-refractivity contribution in [3.8, 4) is 5.75 Å². The van der Waals surface area contributed by atoms with E-state index in [9.17, 15) is 0 Å². The minimum atomic E-state index is 0.188. The van der Waals surface area contributed by atoms with Crippen molar-refractivity contribution in [2.75, 3.05) is 5.32 Å². The topological polar surface area (TPSA) is 21.3 Å². The molecule has 2 rings (SSSR count). The fourth-order valence-electron chi connectivity index (χ4n) is 2.02. The maximum Gasteiger partial charge on any atom is 0.142 e. The van der Waals surface area contributed by atoms with Crippen LogP contribution in [0.3, 0.4) is 0 Å². The van der Waals surface area contributed by atoms with Crippen LogP contribution in [0.5, 0.6) is 5.75 Å². The Morgan fingerprint density at radius 1 is 1.21 bits per heavy atom. The van der Waals surface area contributed by atoms with Crippen LogP contribution in [0, 0.1) is 13.8 Å². The molecular weight excluding hydrogens is 254 g/mol. The summed E-state index contributed by atoms with van der Waals surface area (Å²) in [5.74, 6) is 0.919. The number of thiophene rings is 1. The molecule has 0 spiro atoms. The van der Waals surface area contributed by atoms with Gasteiger partial charge in [-0.1, -0.05) is 12.1 Å². The molecule has 0 aliphatic carbocycles. The van der Waals surface area contributed by atoms with Gasteiger partial charge < -0.3 is 10.1 Å². The van der Waals surface area contributed by atoms with Crippen molar-refractivity contribution in [1.29, 1.82) is 0 Å². The zero-order valence-electron chi connectivity index (χ0n) is 12.0. The number of nitrogens with one attached hydrogen (secondary N) is 1. The van der Waals surface area contributed by atoms with Crippen LogP contribution in [0.2, 0.25) is 0 Å². The summed E-state index contributed by atoms with van der Waals surface area (Å²) in [6.07, 6.45) is 0.188. The summed E-state index contributed by atoms with van der Waals surface area (Å²) >= 11 is 1.85. The highest BCUT2D eigenvalue weighted by Gasteiger charge is 2.06. The summed E-state index contributed by atoms with van der Waals surface area (Å²) in [4.78, 5) is 2.74. The number of benzene rings is 1. The van der Waals surface area contributed by atoms with Crippen LogP contribution in [0.1, 0.15) is 29.2 Å². The van der Waals surface area contributed by atoms with Crippen LogP contribution >= 0.6 is 11.3 Å². The van der Waals surface area contributed by atoms with E-state index in [1.54, 1.807) is 0 Å². The molecule has 0 aliphatic heterocycles. The molecule has 0 saturated heterocycles. The van der Waals surface area contributed by atoms with E-state index in [2.05, 4.69) is 31.3 Å². The number of anilines is 1. The summed E-state index contributed by atoms with van der Waals surface area (Å²) in [7, 11) is 0. The van der Waals surface area contributed by atoms with E-state index >= 15 is 0 Å². The van der Waals surface area contributed by atoms with Crippen molar-refractivity contribution in [3.63, 3.8) is 0 Å². The van der Waals surface area contributed by atoms with Gasteiger partial charge in [-0.2, -0.15) is 0 Å². The first-order valence-electron chi connectivity index (χ1n) is 6.61. The molecule has 3 heteroatoms. The normalized spacial score (nSPS) is 10.8. The fourth-order valence-corrected chi connectivity index (χ4v) is 2.97. The second-order valence-electron chi connectivity index (χ2n) is 4.95. The molecule has 0 aliphatic rings. The van der Waals surface area contributed by atoms with E-state index in [0.717, 1.165) is 18.0 Å². The monoisotopic (exact) mass is 275 g/mol. The third-order valence-corrected chi connectivity index (χ3v) is 3.87. The predicted octanol–water partition coefficient (Wildman–Crippen LogP) is 4.76. The third kappa shape index (κ3) is 3.74. The van der Waals surface area contributed by atoms with E-state index in [1.807, 2.05) is 43.4 Å². The first-order valence-corrected chi connectivity index (χ1v) is 7.43. The minimum Gasteiger partial charge on any atom is -0.489 e. The molecule has 2 nitrogen and oxygen atoms in total. The van der Waals surface area contributed by atoms with Crippen LogP contribution < -0.4 is 10.1 Å². The van der Waals surface area contributed by atoms with E-state index in [1.165, 1.54) is 15.3 Å². The van der Waals surface area contributed by atoms with Gasteiger partial charge in [-0.3, -0.25) is 0 Å². The second-order valence-corrected chi connectivity index (χ2v) is 6.42. The lowest BCUT2D eigenvalue weighted by atomic mass is 10.2. The molecule has 1 heterocycles. The Balaban J connectivity index is 2.09. The van der Waals surface area contributed by atoms with E-state index < -0.39 is 0 Å². The Morgan fingerprint density at radius 2 is 1.95 bits per heavy atom. The molecule has 19 heavy (non-hydrogen) atoms. The number of aryl methyl sites for hydroxylation is 2. The molecule has 1 N–H and O–H groups in total. The highest BCUT2D eigenvalue weighted by atomic mass is 32.1. The van der Waals surface area contributed by atoms with E-state index in [4.69, 9.17) is 4.74 Å². The van der Waals surface area contributed by atoms with E-state index in [-0.39, 0.29) is 6.10 Å². The number of hydrogen-bond acceptors (Lipinski definition) is 3. The van der Waals surface area contributed by atoms with Gasteiger partial charge in [0.25, 0.3) is 0 Å². The van der Waals surface area contributed by atoms with Crippen molar-refractivity contribution in [2.24, 2.45) is 0 Å². The second kappa shape index (κ2) is 6.11. The van der Waals surface area contributed by atoms with Gasteiger partial charge in [0.2, 0.25) is 0 Å². The molecule has 102 valence electrons. The smallest absolute Gasteiger partial charge is 0.142 e. The summed E-state index contributed by atoms with van der Waals surface area (Å²) in [6, 6.07) is 10.4. The molecule has 0 unspecified atom stereocenters. The van der Waals surface area contributed by atoms with Gasteiger partial charge in [0.1, 0.15) is 5.75 Å². The first kappa shape index (κ1) is 13.9. The van der Waals surface area contributed by atoms with Crippen LogP contribution in [0.4, 0.5) is 5.69 Å². The summed E-state index contributed by atoms with van der Waals surface area (Å²) in [5.41, 5.74) is 2.42. The first-order chi connectivity index (χ1) is 9.06. The van der Waals surface area contributed by atoms with Crippen molar-refractivity contribution in [3.05, 3.63) is 45.6 Å². The van der Waals surface area contributed by atoms with Crippen molar-refractivity contribution in [1.82, 2.24) is 0 Å². The molecule has 0 bridgehead atoms. The molecule has 0 saturated carbocycles. The van der Waals surface area contributed by atoms with Gasteiger partial charge >= 0.3 is 0 Å². The number of para-hydroxylation sites is 2.